The van der Waals surface area contributed by atoms with Crippen LogP contribution in [0.2, 0.25) is 0 Å². The summed E-state index contributed by atoms with van der Waals surface area (Å²) in [6.07, 6.45) is 0. The predicted molar refractivity (Wildman–Crippen MR) is 293 cm³/mol. The van der Waals surface area contributed by atoms with Crippen molar-refractivity contribution < 1.29 is 0 Å². The first-order valence-corrected chi connectivity index (χ1v) is 23.0. The zero-order chi connectivity index (χ0) is 45.3. The van der Waals surface area contributed by atoms with Gasteiger partial charge in [-0.05, 0) is 52.9 Å². The maximum atomic E-state index is 5.44. The van der Waals surface area contributed by atoms with Crippen molar-refractivity contribution in [1.82, 2.24) is 24.1 Å². The molecule has 0 unspecified atom stereocenters. The maximum absolute atomic E-state index is 5.44. The van der Waals surface area contributed by atoms with Crippen LogP contribution in [-0.2, 0) is 0 Å². The van der Waals surface area contributed by atoms with Gasteiger partial charge in [0.05, 0.1) is 27.8 Å². The van der Waals surface area contributed by atoms with E-state index < -0.39 is 0 Å². The summed E-state index contributed by atoms with van der Waals surface area (Å²) in [5.41, 5.74) is 20.9. The van der Waals surface area contributed by atoms with Crippen molar-refractivity contribution in [3.8, 4) is 67.8 Å². The fraction of sp³-hybridized carbons (Fsp3) is 0.0172. The summed E-state index contributed by atoms with van der Waals surface area (Å²) in [6.45, 7) is 2.27. The SMILES string of the molecule is Bc1c(B)c(C)c(B)c(-c2ccc(-c3ccccc3)cc2-n2c3ccccc3c3ccc4c5ccccc5n(-c5nc(-c6ccccc6)nc(-c6ccc(-c7ccccc7)cc6)n5)c4c32)c1B. The van der Waals surface area contributed by atoms with Gasteiger partial charge >= 0.3 is 0 Å². The quantitative estimate of drug-likeness (QED) is 0.154. The number of hydrogen-bond acceptors (Lipinski definition) is 3. The van der Waals surface area contributed by atoms with Crippen molar-refractivity contribution in [3.63, 3.8) is 0 Å². The third-order valence-corrected chi connectivity index (χ3v) is 14.2. The Labute approximate surface area is 393 Å². The second-order valence-electron chi connectivity index (χ2n) is 17.8. The summed E-state index contributed by atoms with van der Waals surface area (Å²) in [4.78, 5) is 16.0. The lowest BCUT2D eigenvalue weighted by Gasteiger charge is -2.24. The number of para-hydroxylation sites is 2. The van der Waals surface area contributed by atoms with Gasteiger partial charge in [0.25, 0.3) is 0 Å². The molecule has 3 heterocycles. The van der Waals surface area contributed by atoms with Crippen molar-refractivity contribution in [2.45, 2.75) is 6.92 Å². The molecule has 12 rings (SSSR count). The molecule has 67 heavy (non-hydrogen) atoms. The van der Waals surface area contributed by atoms with Gasteiger partial charge in [0.15, 0.2) is 11.6 Å². The van der Waals surface area contributed by atoms with Crippen LogP contribution in [0.3, 0.4) is 0 Å². The van der Waals surface area contributed by atoms with Gasteiger partial charge in [-0.2, -0.15) is 9.97 Å². The fourth-order valence-corrected chi connectivity index (χ4v) is 10.4. The number of benzene rings is 9. The molecule has 0 spiro atoms. The molecule has 0 aliphatic rings. The van der Waals surface area contributed by atoms with E-state index in [2.05, 4.69) is 217 Å². The van der Waals surface area contributed by atoms with E-state index in [0.29, 0.717) is 17.6 Å². The lowest BCUT2D eigenvalue weighted by Crippen LogP contribution is -2.46. The van der Waals surface area contributed by atoms with Gasteiger partial charge in [-0.15, -0.1) is 5.46 Å². The molecular weight excluding hydrogens is 810 g/mol. The van der Waals surface area contributed by atoms with E-state index in [1.165, 1.54) is 49.5 Å². The molecule has 9 heteroatoms. The van der Waals surface area contributed by atoms with Crippen LogP contribution in [0.15, 0.2) is 194 Å². The van der Waals surface area contributed by atoms with Gasteiger partial charge in [0.1, 0.15) is 31.4 Å². The summed E-state index contributed by atoms with van der Waals surface area (Å²) in [7, 11) is 9.11. The van der Waals surface area contributed by atoms with Gasteiger partial charge < -0.3 is 4.57 Å². The van der Waals surface area contributed by atoms with Crippen molar-refractivity contribution in [1.29, 1.82) is 0 Å². The number of aromatic nitrogens is 5. The molecule has 0 atom stereocenters. The highest BCUT2D eigenvalue weighted by molar-refractivity contribution is 6.61. The van der Waals surface area contributed by atoms with E-state index in [9.17, 15) is 0 Å². The topological polar surface area (TPSA) is 48.5 Å². The van der Waals surface area contributed by atoms with E-state index in [1.807, 2.05) is 24.3 Å². The Hall–Kier alpha value is -8.15. The van der Waals surface area contributed by atoms with E-state index in [0.717, 1.165) is 71.7 Å². The Bertz CT molecular complexity index is 3870. The van der Waals surface area contributed by atoms with Crippen molar-refractivity contribution in [3.05, 3.63) is 200 Å². The summed E-state index contributed by atoms with van der Waals surface area (Å²) < 4.78 is 4.81. The van der Waals surface area contributed by atoms with Crippen LogP contribution < -0.4 is 21.9 Å². The number of hydrogen-bond donors (Lipinski definition) is 0. The standard InChI is InChI=1S/C58H43B4N5/c1-34-50(59)49(52(61)53(62)51(34)60)45-30-29-40(36-17-7-3-8-18-36)33-48(45)66-46-23-13-11-21-41(46)43-31-32-44-42-22-12-14-24-47(42)67(55(44)54(43)66)58-64-56(38-19-9-4-10-20-38)63-57(65-58)39-27-25-37(26-28-39)35-15-5-2-6-16-35/h2-33H,59-62H2,1H3. The molecule has 312 valence electrons. The van der Waals surface area contributed by atoms with Gasteiger partial charge in [-0.1, -0.05) is 198 Å². The van der Waals surface area contributed by atoms with Crippen molar-refractivity contribution >= 4 is 96.8 Å². The molecule has 0 aliphatic heterocycles. The van der Waals surface area contributed by atoms with Gasteiger partial charge in [-0.25, -0.2) is 4.98 Å². The molecule has 0 N–H and O–H groups in total. The Kier molecular flexibility index (Phi) is 9.68. The van der Waals surface area contributed by atoms with Gasteiger partial charge in [0, 0.05) is 38.2 Å². The van der Waals surface area contributed by atoms with Crippen LogP contribution in [0.5, 0.6) is 0 Å². The van der Waals surface area contributed by atoms with Crippen LogP contribution in [0, 0.1) is 6.92 Å². The second kappa shape index (κ2) is 16.1. The average molecular weight is 853 g/mol. The highest BCUT2D eigenvalue weighted by Gasteiger charge is 2.26. The normalized spacial score (nSPS) is 11.6. The summed E-state index contributed by atoms with van der Waals surface area (Å²) in [6, 6.07) is 69.2. The Morgan fingerprint density at radius 3 is 1.40 bits per heavy atom. The van der Waals surface area contributed by atoms with Crippen molar-refractivity contribution in [2.24, 2.45) is 0 Å². The first kappa shape index (κ1) is 40.4. The largest absolute Gasteiger partial charge is 0.307 e. The molecule has 12 aromatic rings. The van der Waals surface area contributed by atoms with Gasteiger partial charge in [-0.3, -0.25) is 4.57 Å². The predicted octanol–water partition coefficient (Wildman–Crippen LogP) is 7.74. The highest BCUT2D eigenvalue weighted by atomic mass is 15.2. The molecule has 9 aromatic carbocycles. The summed E-state index contributed by atoms with van der Waals surface area (Å²) in [5.74, 6) is 1.78. The lowest BCUT2D eigenvalue weighted by molar-refractivity contribution is 0.953. The monoisotopic (exact) mass is 853 g/mol. The first-order chi connectivity index (χ1) is 32.8. The third kappa shape index (κ3) is 6.56. The molecule has 0 radical (unpaired) electrons. The van der Waals surface area contributed by atoms with E-state index in [4.69, 9.17) is 15.0 Å². The number of fused-ring (bicyclic) bond motifs is 7. The van der Waals surface area contributed by atoms with Crippen LogP contribution in [0.1, 0.15) is 5.56 Å². The average Bonchev–Trinajstić information content (AvgIpc) is 3.91. The minimum atomic E-state index is 0.557. The smallest absolute Gasteiger partial charge is 0.238 e. The molecule has 5 nitrogen and oxygen atoms in total. The van der Waals surface area contributed by atoms with Crippen LogP contribution in [-0.4, -0.2) is 55.5 Å². The number of nitrogens with zero attached hydrogens (tertiary/aromatic N) is 5. The second-order valence-corrected chi connectivity index (χ2v) is 17.8. The van der Waals surface area contributed by atoms with Crippen LogP contribution >= 0.6 is 0 Å². The van der Waals surface area contributed by atoms with Gasteiger partial charge in [0.2, 0.25) is 5.95 Å². The number of rotatable bonds is 7. The molecule has 0 saturated carbocycles. The van der Waals surface area contributed by atoms with E-state index >= 15 is 0 Å². The zero-order valence-electron chi connectivity index (χ0n) is 38.2. The molecule has 0 aliphatic carbocycles. The highest BCUT2D eigenvalue weighted by Crippen LogP contribution is 2.43. The summed E-state index contributed by atoms with van der Waals surface area (Å²) in [5, 5.41) is 4.58. The zero-order valence-corrected chi connectivity index (χ0v) is 38.2. The minimum Gasteiger partial charge on any atom is -0.307 e. The third-order valence-electron chi connectivity index (χ3n) is 14.2. The molecule has 3 aromatic heterocycles. The van der Waals surface area contributed by atoms with Crippen molar-refractivity contribution in [2.75, 3.05) is 0 Å². The molecule has 0 amide bonds. The first-order valence-electron chi connectivity index (χ1n) is 23.0. The van der Waals surface area contributed by atoms with E-state index in [1.54, 1.807) is 0 Å². The Morgan fingerprint density at radius 2 is 0.806 bits per heavy atom. The van der Waals surface area contributed by atoms with Crippen LogP contribution in [0.25, 0.3) is 111 Å². The molecular formula is C58H43B4N5. The Morgan fingerprint density at radius 1 is 0.358 bits per heavy atom. The maximum Gasteiger partial charge on any atom is 0.238 e. The van der Waals surface area contributed by atoms with Crippen LogP contribution in [0.4, 0.5) is 0 Å². The molecule has 0 bridgehead atoms. The molecule has 0 saturated heterocycles. The van der Waals surface area contributed by atoms with E-state index in [-0.39, 0.29) is 0 Å². The fourth-order valence-electron chi connectivity index (χ4n) is 10.4. The summed E-state index contributed by atoms with van der Waals surface area (Å²) >= 11 is 0. The lowest BCUT2D eigenvalue weighted by atomic mass is 9.63. The molecule has 0 fully saturated rings. The Balaban J connectivity index is 1.21. The minimum absolute atomic E-state index is 0.557.